The van der Waals surface area contributed by atoms with Gasteiger partial charge in [-0.2, -0.15) is 5.01 Å². The molecule has 1 amide bonds. The third kappa shape index (κ3) is 0.882. The highest BCUT2D eigenvalue weighted by Gasteiger charge is 2.45. The zero-order chi connectivity index (χ0) is 9.71. The van der Waals surface area contributed by atoms with Gasteiger partial charge in [0.15, 0.2) is 6.54 Å². The summed E-state index contributed by atoms with van der Waals surface area (Å²) < 4.78 is 2.23. The van der Waals surface area contributed by atoms with Crippen LogP contribution in [-0.4, -0.2) is 40.9 Å². The second-order valence-electron chi connectivity index (χ2n) is 4.18. The lowest BCUT2D eigenvalue weighted by Crippen LogP contribution is -2.52. The number of rotatable bonds is 1. The number of hydrazone groups is 1. The number of hydrazine groups is 1. The van der Waals surface area contributed by atoms with Crippen molar-refractivity contribution in [3.63, 3.8) is 0 Å². The van der Waals surface area contributed by atoms with E-state index in [4.69, 9.17) is 5.73 Å². The van der Waals surface area contributed by atoms with E-state index in [0.29, 0.717) is 5.92 Å². The Labute approximate surface area is 82.7 Å². The van der Waals surface area contributed by atoms with Crippen LogP contribution in [0.1, 0.15) is 12.8 Å². The fraction of sp³-hybridized carbons (Fsp3) is 0.600. The van der Waals surface area contributed by atoms with Gasteiger partial charge in [-0.15, -0.1) is 4.68 Å². The van der Waals surface area contributed by atoms with Gasteiger partial charge in [0.25, 0.3) is 5.91 Å². The molecular formula is C10H14N3O+. The van der Waals surface area contributed by atoms with Crippen LogP contribution in [0.4, 0.5) is 0 Å². The minimum atomic E-state index is -0.267. The molecule has 4 heteroatoms. The van der Waals surface area contributed by atoms with Crippen molar-refractivity contribution in [1.82, 2.24) is 5.01 Å². The van der Waals surface area contributed by atoms with Crippen LogP contribution in [0.3, 0.4) is 0 Å². The van der Waals surface area contributed by atoms with Gasteiger partial charge >= 0.3 is 0 Å². The number of fused-ring (bicyclic) bond motifs is 2. The zero-order valence-electron chi connectivity index (χ0n) is 8.07. The smallest absolute Gasteiger partial charge is 0.255 e. The van der Waals surface area contributed by atoms with Gasteiger partial charge in [-0.25, -0.2) is 0 Å². The average molecular weight is 192 g/mol. The predicted molar refractivity (Wildman–Crippen MR) is 51.7 cm³/mol. The molecule has 4 rings (SSSR count). The van der Waals surface area contributed by atoms with Gasteiger partial charge < -0.3 is 5.73 Å². The van der Waals surface area contributed by atoms with Crippen molar-refractivity contribution in [2.75, 3.05) is 19.6 Å². The molecule has 0 aliphatic carbocycles. The van der Waals surface area contributed by atoms with E-state index in [1.807, 2.05) is 6.08 Å². The van der Waals surface area contributed by atoms with Crippen molar-refractivity contribution < 1.29 is 9.48 Å². The number of carbonyl (C=O) groups is 1. The number of hydrogen-bond acceptors (Lipinski definition) is 2. The van der Waals surface area contributed by atoms with Crippen molar-refractivity contribution in [2.24, 2.45) is 11.7 Å². The molecule has 0 aromatic heterocycles. The molecule has 4 heterocycles. The van der Waals surface area contributed by atoms with Crippen molar-refractivity contribution >= 4 is 11.6 Å². The molecule has 0 aromatic carbocycles. The lowest BCUT2D eigenvalue weighted by molar-refractivity contribution is -0.692. The molecule has 0 spiro atoms. The van der Waals surface area contributed by atoms with E-state index in [-0.39, 0.29) is 5.91 Å². The van der Waals surface area contributed by atoms with Crippen LogP contribution < -0.4 is 5.73 Å². The molecule has 0 unspecified atom stereocenters. The fourth-order valence-electron chi connectivity index (χ4n) is 2.83. The molecule has 2 bridgehead atoms. The molecule has 0 radical (unpaired) electrons. The lowest BCUT2D eigenvalue weighted by atomic mass is 9.87. The van der Waals surface area contributed by atoms with E-state index in [0.717, 1.165) is 25.2 Å². The molecule has 0 atom stereocenters. The van der Waals surface area contributed by atoms with E-state index in [1.54, 1.807) is 0 Å². The summed E-state index contributed by atoms with van der Waals surface area (Å²) in [4.78, 5) is 11.2. The number of piperidine rings is 1. The highest BCUT2D eigenvalue weighted by atomic mass is 16.1. The fourth-order valence-corrected chi connectivity index (χ4v) is 2.83. The number of hydrogen-bond donors (Lipinski definition) is 1. The molecule has 4 nitrogen and oxygen atoms in total. The Morgan fingerprint density at radius 2 is 2.21 bits per heavy atom. The number of carbonyl (C=O) groups excluding carboxylic acids is 1. The Kier molecular flexibility index (Phi) is 1.48. The molecule has 1 saturated heterocycles. The number of primary amides is 1. The summed E-state index contributed by atoms with van der Waals surface area (Å²) in [7, 11) is 0. The van der Waals surface area contributed by atoms with Crippen LogP contribution in [0.25, 0.3) is 0 Å². The molecule has 4 aliphatic rings. The summed E-state index contributed by atoms with van der Waals surface area (Å²) in [5.74, 6) is 0.303. The molecule has 1 fully saturated rings. The van der Waals surface area contributed by atoms with E-state index < -0.39 is 0 Å². The molecular weight excluding hydrogens is 178 g/mol. The Bertz CT molecular complexity index is 362. The molecule has 74 valence electrons. The summed E-state index contributed by atoms with van der Waals surface area (Å²) in [5.41, 5.74) is 7.32. The Balaban J connectivity index is 2.06. The standard InChI is InChI=1S/C10H13N3O/c11-10(14)8-3-6-13-9(8)7-1-4-12(13)5-2-7/h3,7H,1-2,4-6H2,(H-,11,14)/p+1. The van der Waals surface area contributed by atoms with Crippen LogP contribution >= 0.6 is 0 Å². The first kappa shape index (κ1) is 8.03. The number of nitrogens with zero attached hydrogens (tertiary/aromatic N) is 2. The van der Waals surface area contributed by atoms with E-state index in [1.165, 1.54) is 18.6 Å². The largest absolute Gasteiger partial charge is 0.365 e. The summed E-state index contributed by atoms with van der Waals surface area (Å²) in [6.07, 6.45) is 4.32. The topological polar surface area (TPSA) is 49.3 Å². The normalized spacial score (nSPS) is 25.4. The van der Waals surface area contributed by atoms with Gasteiger partial charge in [0, 0.05) is 6.08 Å². The first-order chi connectivity index (χ1) is 6.77. The second-order valence-corrected chi connectivity index (χ2v) is 4.18. The van der Waals surface area contributed by atoms with Crippen LogP contribution in [0.2, 0.25) is 0 Å². The third-order valence-electron chi connectivity index (χ3n) is 3.49. The van der Waals surface area contributed by atoms with Gasteiger partial charge in [0.05, 0.1) is 19.0 Å². The van der Waals surface area contributed by atoms with Gasteiger partial charge in [-0.3, -0.25) is 4.79 Å². The first-order valence-corrected chi connectivity index (χ1v) is 5.17. The summed E-state index contributed by atoms with van der Waals surface area (Å²) in [5, 5.41) is 2.34. The molecule has 14 heavy (non-hydrogen) atoms. The number of amides is 1. The van der Waals surface area contributed by atoms with Crippen LogP contribution in [0, 0.1) is 5.92 Å². The second kappa shape index (κ2) is 2.59. The summed E-state index contributed by atoms with van der Waals surface area (Å²) >= 11 is 0. The molecule has 4 aliphatic heterocycles. The minimum Gasteiger partial charge on any atom is -0.365 e. The maximum Gasteiger partial charge on any atom is 0.255 e. The molecule has 0 aromatic rings. The quantitative estimate of drug-likeness (QED) is 0.570. The Hall–Kier alpha value is -1.32. The Morgan fingerprint density at radius 1 is 1.50 bits per heavy atom. The maximum atomic E-state index is 11.2. The van der Waals surface area contributed by atoms with Crippen LogP contribution in [0.15, 0.2) is 11.6 Å². The predicted octanol–water partition coefficient (Wildman–Crippen LogP) is -0.494. The molecule has 0 saturated carbocycles. The Morgan fingerprint density at radius 3 is 2.86 bits per heavy atom. The molecule has 2 N–H and O–H groups in total. The van der Waals surface area contributed by atoms with E-state index in [2.05, 4.69) is 9.69 Å². The van der Waals surface area contributed by atoms with Crippen LogP contribution in [0.5, 0.6) is 0 Å². The van der Waals surface area contributed by atoms with Gasteiger partial charge in [-0.05, 0) is 12.8 Å². The third-order valence-corrected chi connectivity index (χ3v) is 3.49. The summed E-state index contributed by atoms with van der Waals surface area (Å²) in [6.45, 7) is 3.10. The summed E-state index contributed by atoms with van der Waals surface area (Å²) in [6, 6.07) is 0. The SMILES string of the molecule is NC(=O)C1=CC[N+]2=C1C1CCN2CC1. The minimum absolute atomic E-state index is 0.267. The van der Waals surface area contributed by atoms with Gasteiger partial charge in [0.1, 0.15) is 5.57 Å². The van der Waals surface area contributed by atoms with E-state index in [9.17, 15) is 4.79 Å². The van der Waals surface area contributed by atoms with Gasteiger partial charge in [-0.1, -0.05) is 0 Å². The lowest BCUT2D eigenvalue weighted by Gasteiger charge is -2.35. The van der Waals surface area contributed by atoms with Crippen LogP contribution in [-0.2, 0) is 4.79 Å². The van der Waals surface area contributed by atoms with Crippen molar-refractivity contribution in [3.8, 4) is 0 Å². The van der Waals surface area contributed by atoms with Crippen molar-refractivity contribution in [3.05, 3.63) is 11.6 Å². The van der Waals surface area contributed by atoms with Crippen molar-refractivity contribution in [2.45, 2.75) is 12.8 Å². The highest BCUT2D eigenvalue weighted by molar-refractivity contribution is 6.20. The zero-order valence-corrected chi connectivity index (χ0v) is 8.07. The average Bonchev–Trinajstić information content (AvgIpc) is 2.65. The highest BCUT2D eigenvalue weighted by Crippen LogP contribution is 2.30. The van der Waals surface area contributed by atoms with Crippen molar-refractivity contribution in [1.29, 1.82) is 0 Å². The monoisotopic (exact) mass is 192 g/mol. The van der Waals surface area contributed by atoms with E-state index >= 15 is 0 Å². The number of nitrogens with two attached hydrogens (primary N) is 1. The first-order valence-electron chi connectivity index (χ1n) is 5.17. The van der Waals surface area contributed by atoms with Gasteiger partial charge in [0.2, 0.25) is 5.71 Å². The maximum absolute atomic E-state index is 11.2.